The molecular weight excluding hydrogens is 366 g/mol. The van der Waals surface area contributed by atoms with Gasteiger partial charge in [0.1, 0.15) is 6.61 Å². The van der Waals surface area contributed by atoms with Crippen LogP contribution in [0.5, 0.6) is 11.6 Å². The summed E-state index contributed by atoms with van der Waals surface area (Å²) in [6, 6.07) is 20.5. The minimum absolute atomic E-state index is 0.0228. The fourth-order valence-corrected chi connectivity index (χ4v) is 2.73. The molecule has 140 valence electrons. The highest BCUT2D eigenvalue weighted by Crippen LogP contribution is 2.21. The minimum atomic E-state index is 0.0228. The molecule has 0 saturated heterocycles. The van der Waals surface area contributed by atoms with Crippen LogP contribution in [0.3, 0.4) is 0 Å². The van der Waals surface area contributed by atoms with Crippen LogP contribution >= 0.6 is 0 Å². The van der Waals surface area contributed by atoms with Gasteiger partial charge >= 0.3 is 0 Å². The van der Waals surface area contributed by atoms with E-state index in [-0.39, 0.29) is 5.75 Å². The zero-order chi connectivity index (χ0) is 20.1. The van der Waals surface area contributed by atoms with E-state index in [1.54, 1.807) is 24.3 Å². The van der Waals surface area contributed by atoms with Crippen LogP contribution in [0.15, 0.2) is 73.1 Å². The zero-order valence-electron chi connectivity index (χ0n) is 15.2. The molecule has 7 heteroatoms. The molecule has 0 amide bonds. The molecule has 0 saturated carbocycles. The van der Waals surface area contributed by atoms with Gasteiger partial charge in [-0.1, -0.05) is 30.3 Å². The molecule has 2 aromatic carbocycles. The summed E-state index contributed by atoms with van der Waals surface area (Å²) < 4.78 is 5.73. The fraction of sp³-hybridized carbons (Fsp3) is 0.0455. The number of hydrogen-bond donors (Lipinski definition) is 1. The molecule has 4 rings (SSSR count). The predicted molar refractivity (Wildman–Crippen MR) is 106 cm³/mol. The molecule has 0 aliphatic heterocycles. The lowest BCUT2D eigenvalue weighted by Crippen LogP contribution is -1.99. The summed E-state index contributed by atoms with van der Waals surface area (Å²) in [4.78, 5) is 8.23. The van der Waals surface area contributed by atoms with Crippen LogP contribution in [-0.4, -0.2) is 25.3 Å². The number of ether oxygens (including phenoxy) is 1. The summed E-state index contributed by atoms with van der Waals surface area (Å²) in [5.41, 5.74) is 3.81. The smallest absolute Gasteiger partial charge is 0.233 e. The summed E-state index contributed by atoms with van der Waals surface area (Å²) in [5, 5.41) is 26.6. The molecule has 2 aromatic heterocycles. The van der Waals surface area contributed by atoms with Crippen molar-refractivity contribution in [1.29, 1.82) is 5.26 Å². The summed E-state index contributed by atoms with van der Waals surface area (Å²) in [6.45, 7) is 0.309. The zero-order valence-corrected chi connectivity index (χ0v) is 15.2. The van der Waals surface area contributed by atoms with Gasteiger partial charge in [-0.3, -0.25) is 0 Å². The highest BCUT2D eigenvalue weighted by Gasteiger charge is 2.06. The Bertz CT molecular complexity index is 1170. The van der Waals surface area contributed by atoms with E-state index in [0.717, 1.165) is 16.7 Å². The molecule has 7 nitrogen and oxygen atoms in total. The van der Waals surface area contributed by atoms with E-state index in [2.05, 4.69) is 26.2 Å². The van der Waals surface area contributed by atoms with Crippen LogP contribution in [0.2, 0.25) is 0 Å². The van der Waals surface area contributed by atoms with Gasteiger partial charge in [0.15, 0.2) is 11.6 Å². The summed E-state index contributed by atoms with van der Waals surface area (Å²) in [5.74, 6) is 0.944. The van der Waals surface area contributed by atoms with Crippen molar-refractivity contribution in [3.8, 4) is 40.3 Å². The van der Waals surface area contributed by atoms with Gasteiger partial charge in [0.05, 0.1) is 29.7 Å². The first-order chi connectivity index (χ1) is 14.2. The Morgan fingerprint density at radius 3 is 2.45 bits per heavy atom. The second-order valence-electron chi connectivity index (χ2n) is 6.20. The van der Waals surface area contributed by atoms with E-state index in [1.807, 2.05) is 36.4 Å². The normalized spacial score (nSPS) is 10.3. The molecule has 0 aliphatic rings. The topological polar surface area (TPSA) is 105 Å². The predicted octanol–water partition coefficient (Wildman–Crippen LogP) is 3.76. The number of nitrogens with zero attached hydrogens (tertiary/aromatic N) is 5. The average molecular weight is 381 g/mol. The number of benzene rings is 2. The molecule has 0 bridgehead atoms. The van der Waals surface area contributed by atoms with Gasteiger partial charge in [-0.25, -0.2) is 9.97 Å². The Morgan fingerprint density at radius 2 is 1.69 bits per heavy atom. The van der Waals surface area contributed by atoms with Crippen LogP contribution in [0.25, 0.3) is 22.6 Å². The van der Waals surface area contributed by atoms with Crippen LogP contribution < -0.4 is 4.74 Å². The Hall–Kier alpha value is -4.31. The first-order valence-electron chi connectivity index (χ1n) is 8.79. The molecular formula is C22H15N5O2. The Balaban J connectivity index is 1.45. The van der Waals surface area contributed by atoms with Crippen LogP contribution in [0, 0.1) is 11.3 Å². The number of hydrogen-bond acceptors (Lipinski definition) is 7. The molecule has 0 radical (unpaired) electrons. The second-order valence-corrected chi connectivity index (χ2v) is 6.20. The van der Waals surface area contributed by atoms with Gasteiger partial charge in [-0.15, -0.1) is 10.2 Å². The third kappa shape index (κ3) is 4.34. The van der Waals surface area contributed by atoms with Gasteiger partial charge in [0.2, 0.25) is 5.88 Å². The van der Waals surface area contributed by atoms with E-state index in [0.29, 0.717) is 29.6 Å². The molecule has 4 aromatic rings. The third-order valence-electron chi connectivity index (χ3n) is 4.14. The molecule has 29 heavy (non-hydrogen) atoms. The van der Waals surface area contributed by atoms with Crippen molar-refractivity contribution in [2.75, 3.05) is 0 Å². The number of aromatic nitrogens is 4. The first kappa shape index (κ1) is 18.1. The lowest BCUT2D eigenvalue weighted by atomic mass is 10.1. The van der Waals surface area contributed by atoms with Gasteiger partial charge in [-0.05, 0) is 29.8 Å². The van der Waals surface area contributed by atoms with Crippen molar-refractivity contribution in [2.24, 2.45) is 0 Å². The monoisotopic (exact) mass is 381 g/mol. The number of rotatable bonds is 5. The molecule has 0 aliphatic carbocycles. The maximum absolute atomic E-state index is 9.31. The van der Waals surface area contributed by atoms with Crippen LogP contribution in [-0.2, 0) is 6.61 Å². The van der Waals surface area contributed by atoms with Crippen molar-refractivity contribution < 1.29 is 9.84 Å². The van der Waals surface area contributed by atoms with Crippen molar-refractivity contribution in [3.63, 3.8) is 0 Å². The summed E-state index contributed by atoms with van der Waals surface area (Å²) in [7, 11) is 0. The van der Waals surface area contributed by atoms with Gasteiger partial charge < -0.3 is 9.84 Å². The van der Waals surface area contributed by atoms with Gasteiger partial charge in [-0.2, -0.15) is 5.26 Å². The number of aromatic hydroxyl groups is 1. The van der Waals surface area contributed by atoms with Gasteiger partial charge in [0.25, 0.3) is 0 Å². The van der Waals surface area contributed by atoms with Crippen molar-refractivity contribution in [2.45, 2.75) is 6.61 Å². The SMILES string of the molecule is N#Cc1cccc(-c2ccc(OCc3cccc(-c4ncc(O)cn4)c3)nn2)c1. The fourth-order valence-electron chi connectivity index (χ4n) is 2.73. The average Bonchev–Trinajstić information content (AvgIpc) is 2.79. The molecule has 0 atom stereocenters. The van der Waals surface area contributed by atoms with E-state index in [9.17, 15) is 5.11 Å². The molecule has 2 heterocycles. The summed E-state index contributed by atoms with van der Waals surface area (Å²) in [6.07, 6.45) is 2.71. The quantitative estimate of drug-likeness (QED) is 0.561. The molecule has 0 spiro atoms. The van der Waals surface area contributed by atoms with Crippen molar-refractivity contribution >= 4 is 0 Å². The molecule has 0 fully saturated rings. The summed E-state index contributed by atoms with van der Waals surface area (Å²) >= 11 is 0. The van der Waals surface area contributed by atoms with Crippen LogP contribution in [0.4, 0.5) is 0 Å². The minimum Gasteiger partial charge on any atom is -0.505 e. The van der Waals surface area contributed by atoms with Crippen molar-refractivity contribution in [3.05, 3.63) is 84.2 Å². The third-order valence-corrected chi connectivity index (χ3v) is 4.14. The maximum Gasteiger partial charge on any atom is 0.233 e. The second kappa shape index (κ2) is 8.15. The van der Waals surface area contributed by atoms with E-state index >= 15 is 0 Å². The lowest BCUT2D eigenvalue weighted by molar-refractivity contribution is 0.290. The van der Waals surface area contributed by atoms with E-state index < -0.39 is 0 Å². The molecule has 0 unspecified atom stereocenters. The Labute approximate surface area is 166 Å². The molecule has 1 N–H and O–H groups in total. The highest BCUT2D eigenvalue weighted by molar-refractivity contribution is 5.61. The van der Waals surface area contributed by atoms with E-state index in [4.69, 9.17) is 10.00 Å². The van der Waals surface area contributed by atoms with Gasteiger partial charge in [0, 0.05) is 17.2 Å². The largest absolute Gasteiger partial charge is 0.505 e. The maximum atomic E-state index is 9.31. The van der Waals surface area contributed by atoms with E-state index in [1.165, 1.54) is 12.4 Å². The number of nitriles is 1. The van der Waals surface area contributed by atoms with Crippen LogP contribution in [0.1, 0.15) is 11.1 Å². The highest BCUT2D eigenvalue weighted by atomic mass is 16.5. The first-order valence-corrected chi connectivity index (χ1v) is 8.79. The Morgan fingerprint density at radius 1 is 0.897 bits per heavy atom. The Kier molecular flexibility index (Phi) is 5.08. The lowest BCUT2D eigenvalue weighted by Gasteiger charge is -2.07. The standard InChI is InChI=1S/C22H15N5O2/c23-11-15-3-1-5-17(9-15)20-7-8-21(27-26-20)29-14-16-4-2-6-18(10-16)22-24-12-19(28)13-25-22/h1-10,12-13,28H,14H2. The van der Waals surface area contributed by atoms with Crippen molar-refractivity contribution in [1.82, 2.24) is 20.2 Å².